The predicted molar refractivity (Wildman–Crippen MR) is 73.0 cm³/mol. The number of anilines is 1. The van der Waals surface area contributed by atoms with Gasteiger partial charge in [-0.1, -0.05) is 37.8 Å². The zero-order valence-corrected chi connectivity index (χ0v) is 10.9. The number of hydrogen-bond acceptors (Lipinski definition) is 2. The monoisotopic (exact) mass is 245 g/mol. The fraction of sp³-hybridized carbons (Fsp3) is 0.400. The summed E-state index contributed by atoms with van der Waals surface area (Å²) >= 11 is 0. The van der Waals surface area contributed by atoms with Crippen molar-refractivity contribution in [2.75, 3.05) is 11.5 Å². The van der Waals surface area contributed by atoms with Crippen LogP contribution in [0, 0.1) is 0 Å². The molecule has 96 valence electrons. The quantitative estimate of drug-likeness (QED) is 0.760. The maximum absolute atomic E-state index is 12.1. The van der Waals surface area contributed by atoms with Crippen LogP contribution in [-0.2, 0) is 4.74 Å². The fourth-order valence-corrected chi connectivity index (χ4v) is 2.71. The van der Waals surface area contributed by atoms with Gasteiger partial charge in [-0.25, -0.2) is 4.79 Å². The fourth-order valence-electron chi connectivity index (χ4n) is 2.71. The van der Waals surface area contributed by atoms with Crippen molar-refractivity contribution in [3.8, 4) is 0 Å². The Morgan fingerprint density at radius 3 is 2.89 bits per heavy atom. The van der Waals surface area contributed by atoms with Gasteiger partial charge in [0.2, 0.25) is 0 Å². The molecule has 3 nitrogen and oxygen atoms in total. The summed E-state index contributed by atoms with van der Waals surface area (Å²) in [6, 6.07) is 8.20. The van der Waals surface area contributed by atoms with Gasteiger partial charge in [0.05, 0.1) is 5.69 Å². The molecule has 0 unspecified atom stereocenters. The van der Waals surface area contributed by atoms with Crippen molar-refractivity contribution in [1.29, 1.82) is 0 Å². The number of carbonyl (C=O) groups is 1. The van der Waals surface area contributed by atoms with E-state index in [1.165, 1.54) is 5.56 Å². The molecule has 0 bridgehead atoms. The minimum absolute atomic E-state index is 0.143. The smallest absolute Gasteiger partial charge is 0.414 e. The zero-order valence-electron chi connectivity index (χ0n) is 10.9. The summed E-state index contributed by atoms with van der Waals surface area (Å²) in [6.45, 7) is 8.03. The lowest BCUT2D eigenvalue weighted by molar-refractivity contribution is 0.163. The van der Waals surface area contributed by atoms with Gasteiger partial charge in [-0.15, -0.1) is 0 Å². The minimum Gasteiger partial charge on any atom is -0.445 e. The van der Waals surface area contributed by atoms with Crippen LogP contribution < -0.4 is 4.90 Å². The first-order chi connectivity index (χ1) is 8.70. The van der Waals surface area contributed by atoms with Crippen LogP contribution in [0.3, 0.4) is 0 Å². The van der Waals surface area contributed by atoms with E-state index in [1.54, 1.807) is 11.0 Å². The van der Waals surface area contributed by atoms with Gasteiger partial charge in [0.1, 0.15) is 6.61 Å². The molecule has 1 aliphatic heterocycles. The molecular weight excluding hydrogens is 226 g/mol. The summed E-state index contributed by atoms with van der Waals surface area (Å²) in [5.41, 5.74) is 2.22. The Morgan fingerprint density at radius 2 is 2.22 bits per heavy atom. The van der Waals surface area contributed by atoms with Crippen molar-refractivity contribution in [2.24, 2.45) is 0 Å². The van der Waals surface area contributed by atoms with Gasteiger partial charge in [0, 0.05) is 12.0 Å². The van der Waals surface area contributed by atoms with Gasteiger partial charge in [-0.3, -0.25) is 4.90 Å². The second-order valence-electron chi connectivity index (χ2n) is 4.55. The van der Waals surface area contributed by atoms with E-state index in [1.807, 2.05) is 18.2 Å². The van der Waals surface area contributed by atoms with Crippen LogP contribution in [-0.4, -0.2) is 18.7 Å². The van der Waals surface area contributed by atoms with Crippen LogP contribution in [0.2, 0.25) is 0 Å². The van der Waals surface area contributed by atoms with E-state index in [-0.39, 0.29) is 18.7 Å². The summed E-state index contributed by atoms with van der Waals surface area (Å²) in [5, 5.41) is 0. The number of hydrogen-bond donors (Lipinski definition) is 0. The second-order valence-corrected chi connectivity index (χ2v) is 4.55. The highest BCUT2D eigenvalue weighted by Crippen LogP contribution is 2.42. The molecule has 1 heterocycles. The van der Waals surface area contributed by atoms with Crippen molar-refractivity contribution in [3.63, 3.8) is 0 Å². The molecule has 1 aromatic carbocycles. The van der Waals surface area contributed by atoms with Gasteiger partial charge in [-0.2, -0.15) is 0 Å². The molecule has 1 aromatic rings. The number of fused-ring (bicyclic) bond motifs is 1. The Balaban J connectivity index is 2.31. The molecule has 2 atom stereocenters. The second kappa shape index (κ2) is 5.25. The maximum Gasteiger partial charge on any atom is 0.414 e. The Hall–Kier alpha value is -1.77. The van der Waals surface area contributed by atoms with Gasteiger partial charge >= 0.3 is 6.09 Å². The largest absolute Gasteiger partial charge is 0.445 e. The number of para-hydroxylation sites is 1. The van der Waals surface area contributed by atoms with Crippen LogP contribution in [0.1, 0.15) is 31.7 Å². The van der Waals surface area contributed by atoms with Crippen LogP contribution in [0.15, 0.2) is 36.9 Å². The predicted octanol–water partition coefficient (Wildman–Crippen LogP) is 3.71. The molecule has 0 saturated heterocycles. The standard InChI is InChI=1S/C15H19NO2/c1-4-10-18-15(17)16-11(3)12(5-2)13-8-6-7-9-14(13)16/h4,6-9,11-12H,1,5,10H2,2-3H3/t11-,12+/m1/s1. The molecule has 0 radical (unpaired) electrons. The molecule has 0 fully saturated rings. The first kappa shape index (κ1) is 12.7. The van der Waals surface area contributed by atoms with Gasteiger partial charge in [0.25, 0.3) is 0 Å². The lowest BCUT2D eigenvalue weighted by Crippen LogP contribution is -2.37. The SMILES string of the molecule is C=CCOC(=O)N1c2ccccc2[C@@H](CC)[C@H]1C. The van der Waals surface area contributed by atoms with E-state index in [4.69, 9.17) is 4.74 Å². The molecule has 0 saturated carbocycles. The molecule has 0 N–H and O–H groups in total. The minimum atomic E-state index is -0.286. The average Bonchev–Trinajstić information content (AvgIpc) is 2.67. The highest BCUT2D eigenvalue weighted by Gasteiger charge is 2.38. The Bertz CT molecular complexity index is 456. The summed E-state index contributed by atoms with van der Waals surface area (Å²) in [6.07, 6.45) is 2.32. The van der Waals surface area contributed by atoms with Crippen LogP contribution >= 0.6 is 0 Å². The Morgan fingerprint density at radius 1 is 1.50 bits per heavy atom. The Labute approximate surface area is 108 Å². The molecule has 2 rings (SSSR count). The molecule has 1 aliphatic rings. The van der Waals surface area contributed by atoms with E-state index in [2.05, 4.69) is 26.5 Å². The average molecular weight is 245 g/mol. The third-order valence-corrected chi connectivity index (χ3v) is 3.55. The van der Waals surface area contributed by atoms with Crippen molar-refractivity contribution >= 4 is 11.8 Å². The summed E-state index contributed by atoms with van der Waals surface area (Å²) in [4.78, 5) is 13.9. The normalized spacial score (nSPS) is 21.6. The highest BCUT2D eigenvalue weighted by molar-refractivity contribution is 5.91. The molecular formula is C15H19NO2. The zero-order chi connectivity index (χ0) is 13.1. The number of benzene rings is 1. The van der Waals surface area contributed by atoms with E-state index >= 15 is 0 Å². The van der Waals surface area contributed by atoms with Crippen molar-refractivity contribution in [2.45, 2.75) is 32.2 Å². The number of nitrogens with zero attached hydrogens (tertiary/aromatic N) is 1. The summed E-state index contributed by atoms with van der Waals surface area (Å²) in [7, 11) is 0. The van der Waals surface area contributed by atoms with Gasteiger partial charge < -0.3 is 4.74 Å². The highest BCUT2D eigenvalue weighted by atomic mass is 16.6. The molecule has 0 aliphatic carbocycles. The van der Waals surface area contributed by atoms with Crippen molar-refractivity contribution in [3.05, 3.63) is 42.5 Å². The van der Waals surface area contributed by atoms with E-state index in [0.29, 0.717) is 5.92 Å². The van der Waals surface area contributed by atoms with Gasteiger partial charge in [-0.05, 0) is 25.0 Å². The van der Waals surface area contributed by atoms with E-state index in [0.717, 1.165) is 12.1 Å². The number of carbonyl (C=O) groups excluding carboxylic acids is 1. The molecule has 1 amide bonds. The molecule has 0 aromatic heterocycles. The molecule has 0 spiro atoms. The van der Waals surface area contributed by atoms with Crippen molar-refractivity contribution < 1.29 is 9.53 Å². The number of rotatable bonds is 3. The first-order valence-electron chi connectivity index (χ1n) is 6.36. The maximum atomic E-state index is 12.1. The lowest BCUT2D eigenvalue weighted by Gasteiger charge is -2.24. The topological polar surface area (TPSA) is 29.5 Å². The summed E-state index contributed by atoms with van der Waals surface area (Å²) in [5.74, 6) is 0.387. The van der Waals surface area contributed by atoms with E-state index in [9.17, 15) is 4.79 Å². The number of ether oxygens (including phenoxy) is 1. The molecule has 18 heavy (non-hydrogen) atoms. The first-order valence-corrected chi connectivity index (χ1v) is 6.36. The van der Waals surface area contributed by atoms with Gasteiger partial charge in [0.15, 0.2) is 0 Å². The van der Waals surface area contributed by atoms with Crippen LogP contribution in [0.25, 0.3) is 0 Å². The van der Waals surface area contributed by atoms with Crippen molar-refractivity contribution in [1.82, 2.24) is 0 Å². The Kier molecular flexibility index (Phi) is 3.70. The third-order valence-electron chi connectivity index (χ3n) is 3.55. The third kappa shape index (κ3) is 2.01. The number of amides is 1. The lowest BCUT2D eigenvalue weighted by atomic mass is 9.94. The summed E-state index contributed by atoms with van der Waals surface area (Å²) < 4.78 is 5.16. The van der Waals surface area contributed by atoms with Crippen LogP contribution in [0.5, 0.6) is 0 Å². The van der Waals surface area contributed by atoms with E-state index < -0.39 is 0 Å². The molecule has 3 heteroatoms. The van der Waals surface area contributed by atoms with Crippen LogP contribution in [0.4, 0.5) is 10.5 Å².